The van der Waals surface area contributed by atoms with Crippen LogP contribution in [-0.2, 0) is 11.3 Å². The number of aromatic nitrogens is 1. The van der Waals surface area contributed by atoms with Crippen molar-refractivity contribution in [3.8, 4) is 0 Å². The number of amides is 1. The SMILES string of the molecule is CCn1c2ccccc2c2cc(C(O)C(O)CNC(=O)OC(C)(C)C)ccc21. The van der Waals surface area contributed by atoms with Crippen molar-refractivity contribution in [2.45, 2.75) is 52.0 Å². The largest absolute Gasteiger partial charge is 0.444 e. The molecule has 2 aromatic carbocycles. The number of aliphatic hydroxyl groups excluding tert-OH is 2. The maximum absolute atomic E-state index is 11.8. The van der Waals surface area contributed by atoms with E-state index >= 15 is 0 Å². The number of nitrogens with one attached hydrogen (secondary N) is 1. The van der Waals surface area contributed by atoms with Gasteiger partial charge in [0.05, 0.1) is 0 Å². The minimum Gasteiger partial charge on any atom is -0.444 e. The molecule has 0 saturated heterocycles. The zero-order valence-electron chi connectivity index (χ0n) is 16.8. The molecule has 6 nitrogen and oxygen atoms in total. The maximum atomic E-state index is 11.8. The van der Waals surface area contributed by atoms with E-state index in [-0.39, 0.29) is 6.54 Å². The lowest BCUT2D eigenvalue weighted by Gasteiger charge is -2.22. The fraction of sp³-hybridized carbons (Fsp3) is 0.409. The standard InChI is InChI=1S/C22H28N2O4/c1-5-24-17-9-7-6-8-15(17)16-12-14(10-11-18(16)24)20(26)19(25)13-23-21(27)28-22(2,3)4/h6-12,19-20,25-26H,5,13H2,1-4H3,(H,23,27). The Morgan fingerprint density at radius 1 is 1.11 bits per heavy atom. The van der Waals surface area contributed by atoms with Gasteiger partial charge >= 0.3 is 6.09 Å². The van der Waals surface area contributed by atoms with Gasteiger partial charge in [0.25, 0.3) is 0 Å². The molecule has 1 aromatic heterocycles. The molecule has 0 bridgehead atoms. The Labute approximate surface area is 164 Å². The second-order valence-electron chi connectivity index (χ2n) is 7.93. The number of carbonyl (C=O) groups excluding carboxylic acids is 1. The second kappa shape index (κ2) is 7.81. The molecule has 3 N–H and O–H groups in total. The van der Waals surface area contributed by atoms with Gasteiger partial charge in [-0.1, -0.05) is 24.3 Å². The Hall–Kier alpha value is -2.57. The van der Waals surface area contributed by atoms with Crippen LogP contribution in [0.1, 0.15) is 39.4 Å². The van der Waals surface area contributed by atoms with Crippen molar-refractivity contribution in [1.29, 1.82) is 0 Å². The highest BCUT2D eigenvalue weighted by atomic mass is 16.6. The van der Waals surface area contributed by atoms with Gasteiger partial charge in [0, 0.05) is 34.9 Å². The summed E-state index contributed by atoms with van der Waals surface area (Å²) in [6.07, 6.45) is -2.90. The van der Waals surface area contributed by atoms with Crippen molar-refractivity contribution in [3.63, 3.8) is 0 Å². The monoisotopic (exact) mass is 384 g/mol. The van der Waals surface area contributed by atoms with Gasteiger partial charge in [0.1, 0.15) is 17.8 Å². The molecule has 6 heteroatoms. The number of nitrogens with zero attached hydrogens (tertiary/aromatic N) is 1. The van der Waals surface area contributed by atoms with Gasteiger partial charge in [-0.2, -0.15) is 0 Å². The lowest BCUT2D eigenvalue weighted by atomic mass is 10.0. The smallest absolute Gasteiger partial charge is 0.407 e. The maximum Gasteiger partial charge on any atom is 0.407 e. The third kappa shape index (κ3) is 4.13. The van der Waals surface area contributed by atoms with E-state index < -0.39 is 23.9 Å². The molecule has 0 aliphatic carbocycles. The molecule has 0 aliphatic heterocycles. The van der Waals surface area contributed by atoms with E-state index in [9.17, 15) is 15.0 Å². The van der Waals surface area contributed by atoms with Crippen molar-refractivity contribution in [2.75, 3.05) is 6.54 Å². The molecule has 0 aliphatic rings. The van der Waals surface area contributed by atoms with E-state index in [1.54, 1.807) is 20.8 Å². The van der Waals surface area contributed by atoms with E-state index in [1.165, 1.54) is 0 Å². The average molecular weight is 384 g/mol. The molecule has 3 aromatic rings. The van der Waals surface area contributed by atoms with Gasteiger partial charge in [-0.3, -0.25) is 0 Å². The first-order chi connectivity index (χ1) is 13.2. The molecular weight excluding hydrogens is 356 g/mol. The van der Waals surface area contributed by atoms with Gasteiger partial charge < -0.3 is 24.8 Å². The quantitative estimate of drug-likeness (QED) is 0.626. The Balaban J connectivity index is 1.81. The Bertz CT molecular complexity index is 987. The third-order valence-corrected chi connectivity index (χ3v) is 4.67. The van der Waals surface area contributed by atoms with Crippen LogP contribution in [0.25, 0.3) is 21.8 Å². The van der Waals surface area contributed by atoms with Crippen molar-refractivity contribution in [1.82, 2.24) is 9.88 Å². The van der Waals surface area contributed by atoms with E-state index in [4.69, 9.17) is 4.74 Å². The number of alkyl carbamates (subject to hydrolysis) is 1. The lowest BCUT2D eigenvalue weighted by molar-refractivity contribution is 0.0130. The number of para-hydroxylation sites is 1. The van der Waals surface area contributed by atoms with Gasteiger partial charge in [-0.25, -0.2) is 4.79 Å². The zero-order valence-corrected chi connectivity index (χ0v) is 16.8. The van der Waals surface area contributed by atoms with E-state index in [0.717, 1.165) is 28.4 Å². The number of benzene rings is 2. The van der Waals surface area contributed by atoms with Crippen LogP contribution in [0.15, 0.2) is 42.5 Å². The highest BCUT2D eigenvalue weighted by Crippen LogP contribution is 2.31. The first-order valence-corrected chi connectivity index (χ1v) is 9.55. The molecule has 1 amide bonds. The Morgan fingerprint density at radius 3 is 2.46 bits per heavy atom. The van der Waals surface area contributed by atoms with Crippen molar-refractivity contribution in [3.05, 3.63) is 48.0 Å². The minimum absolute atomic E-state index is 0.106. The number of hydrogen-bond donors (Lipinski definition) is 3. The second-order valence-corrected chi connectivity index (χ2v) is 7.93. The summed E-state index contributed by atoms with van der Waals surface area (Å²) >= 11 is 0. The summed E-state index contributed by atoms with van der Waals surface area (Å²) in [5.74, 6) is 0. The number of aliphatic hydroxyl groups is 2. The van der Waals surface area contributed by atoms with Crippen LogP contribution in [0.4, 0.5) is 4.79 Å². The summed E-state index contributed by atoms with van der Waals surface area (Å²) in [7, 11) is 0. The zero-order chi connectivity index (χ0) is 20.5. The number of hydrogen-bond acceptors (Lipinski definition) is 4. The normalized spacial score (nSPS) is 14.2. The first-order valence-electron chi connectivity index (χ1n) is 9.55. The fourth-order valence-corrected chi connectivity index (χ4v) is 3.43. The Kier molecular flexibility index (Phi) is 5.63. The average Bonchev–Trinajstić information content (AvgIpc) is 2.97. The molecule has 150 valence electrons. The van der Waals surface area contributed by atoms with Crippen LogP contribution < -0.4 is 5.32 Å². The van der Waals surface area contributed by atoms with Gasteiger partial charge in [0.15, 0.2) is 0 Å². The van der Waals surface area contributed by atoms with Crippen LogP contribution in [0.2, 0.25) is 0 Å². The van der Waals surface area contributed by atoms with Crippen LogP contribution >= 0.6 is 0 Å². The molecule has 0 saturated carbocycles. The molecule has 0 radical (unpaired) electrons. The summed E-state index contributed by atoms with van der Waals surface area (Å²) in [6, 6.07) is 13.8. The van der Waals surface area contributed by atoms with Crippen LogP contribution in [0.3, 0.4) is 0 Å². The number of fused-ring (bicyclic) bond motifs is 3. The summed E-state index contributed by atoms with van der Waals surface area (Å²) in [5.41, 5.74) is 2.21. The molecule has 0 fully saturated rings. The molecule has 28 heavy (non-hydrogen) atoms. The van der Waals surface area contributed by atoms with E-state index in [1.807, 2.05) is 30.3 Å². The highest BCUT2D eigenvalue weighted by Gasteiger charge is 2.22. The lowest BCUT2D eigenvalue weighted by Crippen LogP contribution is -2.38. The molecule has 2 atom stereocenters. The summed E-state index contributed by atoms with van der Waals surface area (Å²) in [4.78, 5) is 11.8. The summed E-state index contributed by atoms with van der Waals surface area (Å²) in [5, 5.41) is 25.5. The highest BCUT2D eigenvalue weighted by molar-refractivity contribution is 6.08. The molecule has 2 unspecified atom stereocenters. The fourth-order valence-electron chi connectivity index (χ4n) is 3.43. The molecule has 3 rings (SSSR count). The third-order valence-electron chi connectivity index (χ3n) is 4.67. The number of ether oxygens (including phenoxy) is 1. The van der Waals surface area contributed by atoms with Gasteiger partial charge in [0.2, 0.25) is 0 Å². The molecule has 0 spiro atoms. The van der Waals surface area contributed by atoms with Crippen molar-refractivity contribution < 1.29 is 19.7 Å². The van der Waals surface area contributed by atoms with Crippen molar-refractivity contribution >= 4 is 27.9 Å². The van der Waals surface area contributed by atoms with Crippen LogP contribution in [-0.4, -0.2) is 39.1 Å². The minimum atomic E-state index is -1.15. The van der Waals surface area contributed by atoms with E-state index in [2.05, 4.69) is 28.9 Å². The van der Waals surface area contributed by atoms with Crippen molar-refractivity contribution in [2.24, 2.45) is 0 Å². The topological polar surface area (TPSA) is 83.7 Å². The van der Waals surface area contributed by atoms with E-state index in [0.29, 0.717) is 5.56 Å². The number of aryl methyl sites for hydroxylation is 1. The van der Waals surface area contributed by atoms with Gasteiger partial charge in [-0.05, 0) is 51.5 Å². The van der Waals surface area contributed by atoms with Crippen LogP contribution in [0, 0.1) is 0 Å². The number of rotatable bonds is 5. The molecular formula is C22H28N2O4. The summed E-state index contributed by atoms with van der Waals surface area (Å²) in [6.45, 7) is 8.12. The summed E-state index contributed by atoms with van der Waals surface area (Å²) < 4.78 is 7.37. The van der Waals surface area contributed by atoms with Crippen LogP contribution in [0.5, 0.6) is 0 Å². The first kappa shape index (κ1) is 20.2. The Morgan fingerprint density at radius 2 is 1.79 bits per heavy atom. The number of carbonyl (C=O) groups is 1. The predicted molar refractivity (Wildman–Crippen MR) is 110 cm³/mol. The van der Waals surface area contributed by atoms with Gasteiger partial charge in [-0.15, -0.1) is 0 Å². The predicted octanol–water partition coefficient (Wildman–Crippen LogP) is 3.73. The molecule has 1 heterocycles.